The number of likely N-dealkylation sites (N-methyl/N-ethyl adjacent to an activating group) is 1. The molecular formula is C23H50N4O2. The predicted molar refractivity (Wildman–Crippen MR) is 123 cm³/mol. The Labute approximate surface area is 180 Å². The molecule has 0 amide bonds. The zero-order chi connectivity index (χ0) is 21.8. The van der Waals surface area contributed by atoms with Crippen molar-refractivity contribution >= 4 is 0 Å². The van der Waals surface area contributed by atoms with Crippen LogP contribution in [0.3, 0.4) is 0 Å². The second-order valence-electron chi connectivity index (χ2n) is 9.38. The molecule has 6 nitrogen and oxygen atoms in total. The number of rotatable bonds is 16. The molecule has 0 aromatic rings. The van der Waals surface area contributed by atoms with Crippen LogP contribution in [0.25, 0.3) is 0 Å². The van der Waals surface area contributed by atoms with Crippen molar-refractivity contribution in [3.8, 4) is 0 Å². The maximum Gasteiger partial charge on any atom is 0.0558 e. The Morgan fingerprint density at radius 1 is 0.897 bits per heavy atom. The number of nitrogens with zero attached hydrogens (tertiary/aromatic N) is 4. The van der Waals surface area contributed by atoms with Crippen molar-refractivity contribution in [1.82, 2.24) is 19.6 Å². The number of hydrogen-bond acceptors (Lipinski definition) is 6. The van der Waals surface area contributed by atoms with Crippen molar-refractivity contribution < 1.29 is 10.2 Å². The Kier molecular flexibility index (Phi) is 13.6. The Morgan fingerprint density at radius 2 is 1.52 bits per heavy atom. The lowest BCUT2D eigenvalue weighted by molar-refractivity contribution is 0.124. The van der Waals surface area contributed by atoms with Crippen molar-refractivity contribution in [1.29, 1.82) is 0 Å². The van der Waals surface area contributed by atoms with Gasteiger partial charge in [-0.15, -0.1) is 0 Å². The van der Waals surface area contributed by atoms with E-state index in [0.29, 0.717) is 31.2 Å². The first kappa shape index (κ1) is 26.8. The van der Waals surface area contributed by atoms with E-state index in [4.69, 9.17) is 0 Å². The third-order valence-corrected chi connectivity index (χ3v) is 6.61. The van der Waals surface area contributed by atoms with E-state index in [1.165, 1.54) is 39.0 Å². The summed E-state index contributed by atoms with van der Waals surface area (Å²) in [7, 11) is 0. The number of likely N-dealkylation sites (tertiary alicyclic amines) is 1. The van der Waals surface area contributed by atoms with Crippen molar-refractivity contribution in [3.05, 3.63) is 0 Å². The molecule has 1 aliphatic heterocycles. The third-order valence-electron chi connectivity index (χ3n) is 6.61. The fourth-order valence-electron chi connectivity index (χ4n) is 4.89. The summed E-state index contributed by atoms with van der Waals surface area (Å²) >= 11 is 0. The topological polar surface area (TPSA) is 53.4 Å². The lowest BCUT2D eigenvalue weighted by atomic mass is 9.99. The van der Waals surface area contributed by atoms with Crippen molar-refractivity contribution in [2.45, 2.75) is 72.5 Å². The molecule has 2 N–H and O–H groups in total. The molecule has 1 aliphatic rings. The van der Waals surface area contributed by atoms with Crippen LogP contribution in [0.4, 0.5) is 0 Å². The molecule has 1 fully saturated rings. The average Bonchev–Trinajstić information content (AvgIpc) is 3.09. The van der Waals surface area contributed by atoms with Crippen LogP contribution in [-0.4, -0.2) is 120 Å². The number of hydrogen-bond donors (Lipinski definition) is 2. The molecule has 1 saturated heterocycles. The maximum atomic E-state index is 9.20. The summed E-state index contributed by atoms with van der Waals surface area (Å²) in [5.41, 5.74) is 0. The Balaban J connectivity index is 2.39. The van der Waals surface area contributed by atoms with Gasteiger partial charge in [0.1, 0.15) is 0 Å². The molecule has 29 heavy (non-hydrogen) atoms. The van der Waals surface area contributed by atoms with Crippen molar-refractivity contribution in [2.24, 2.45) is 5.92 Å². The van der Waals surface area contributed by atoms with Gasteiger partial charge in [0.05, 0.1) is 13.2 Å². The maximum absolute atomic E-state index is 9.20. The van der Waals surface area contributed by atoms with Crippen LogP contribution in [0.15, 0.2) is 0 Å². The molecular weight excluding hydrogens is 364 g/mol. The summed E-state index contributed by atoms with van der Waals surface area (Å²) in [4.78, 5) is 9.97. The summed E-state index contributed by atoms with van der Waals surface area (Å²) in [6, 6.07) is 1.81. The lowest BCUT2D eigenvalue weighted by Crippen LogP contribution is -2.43. The van der Waals surface area contributed by atoms with Crippen molar-refractivity contribution in [3.63, 3.8) is 0 Å². The summed E-state index contributed by atoms with van der Waals surface area (Å²) in [6.45, 7) is 23.3. The first-order valence-corrected chi connectivity index (χ1v) is 12.0. The van der Waals surface area contributed by atoms with Gasteiger partial charge < -0.3 is 15.1 Å². The number of aliphatic hydroxyl groups excluding tert-OH is 2. The van der Waals surface area contributed by atoms with Gasteiger partial charge in [-0.3, -0.25) is 14.7 Å². The molecule has 1 rings (SSSR count). The van der Waals surface area contributed by atoms with Crippen molar-refractivity contribution in [2.75, 3.05) is 72.1 Å². The summed E-state index contributed by atoms with van der Waals surface area (Å²) in [6.07, 6.45) is 2.59. The summed E-state index contributed by atoms with van der Waals surface area (Å²) < 4.78 is 0. The first-order valence-electron chi connectivity index (χ1n) is 12.0. The molecule has 2 unspecified atom stereocenters. The standard InChI is InChI=1S/C23H50N4O2/c1-7-26(12-10-24(14-16-28)15-17-29)22(6)18-23-8-9-25(19-23)11-13-27(20(2)3)21(4)5/h20-23,28-29H,7-19H2,1-6H3. The molecule has 0 spiro atoms. The van der Waals surface area contributed by atoms with E-state index in [-0.39, 0.29) is 13.2 Å². The van der Waals surface area contributed by atoms with E-state index in [2.05, 4.69) is 61.1 Å². The lowest BCUT2D eigenvalue weighted by Gasteiger charge is -2.33. The average molecular weight is 415 g/mol. The molecule has 174 valence electrons. The molecule has 0 aromatic heterocycles. The predicted octanol–water partition coefficient (Wildman–Crippen LogP) is 1.81. The molecule has 2 atom stereocenters. The van der Waals surface area contributed by atoms with Crippen LogP contribution < -0.4 is 0 Å². The highest BCUT2D eigenvalue weighted by atomic mass is 16.3. The molecule has 0 aliphatic carbocycles. The molecule has 0 aromatic carbocycles. The molecule has 0 radical (unpaired) electrons. The van der Waals surface area contributed by atoms with E-state index in [1.807, 2.05) is 0 Å². The highest BCUT2D eigenvalue weighted by Gasteiger charge is 2.26. The minimum Gasteiger partial charge on any atom is -0.395 e. The number of aliphatic hydroxyl groups is 2. The van der Waals surface area contributed by atoms with Crippen LogP contribution in [0.2, 0.25) is 0 Å². The van der Waals surface area contributed by atoms with Gasteiger partial charge in [0.25, 0.3) is 0 Å². The molecule has 0 bridgehead atoms. The first-order chi connectivity index (χ1) is 13.8. The Bertz CT molecular complexity index is 394. The highest BCUT2D eigenvalue weighted by molar-refractivity contribution is 4.81. The van der Waals surface area contributed by atoms with Gasteiger partial charge in [0.15, 0.2) is 0 Å². The molecule has 0 saturated carbocycles. The van der Waals surface area contributed by atoms with E-state index in [1.54, 1.807) is 0 Å². The second-order valence-corrected chi connectivity index (χ2v) is 9.38. The van der Waals surface area contributed by atoms with Gasteiger partial charge in [0.2, 0.25) is 0 Å². The van der Waals surface area contributed by atoms with E-state index in [0.717, 1.165) is 25.6 Å². The fourth-order valence-corrected chi connectivity index (χ4v) is 4.89. The fraction of sp³-hybridized carbons (Fsp3) is 1.00. The van der Waals surface area contributed by atoms with Gasteiger partial charge in [-0.25, -0.2) is 0 Å². The summed E-state index contributed by atoms with van der Waals surface area (Å²) in [5.74, 6) is 0.802. The van der Waals surface area contributed by atoms with Crippen LogP contribution >= 0.6 is 0 Å². The van der Waals surface area contributed by atoms with Gasteiger partial charge in [-0.2, -0.15) is 0 Å². The van der Waals surface area contributed by atoms with E-state index < -0.39 is 0 Å². The largest absolute Gasteiger partial charge is 0.395 e. The van der Waals surface area contributed by atoms with Crippen LogP contribution in [0.5, 0.6) is 0 Å². The smallest absolute Gasteiger partial charge is 0.0558 e. The Hall–Kier alpha value is -0.240. The normalized spacial score (nSPS) is 19.6. The van der Waals surface area contributed by atoms with Crippen LogP contribution in [0.1, 0.15) is 54.4 Å². The Morgan fingerprint density at radius 3 is 2.03 bits per heavy atom. The quantitative estimate of drug-likeness (QED) is 0.402. The monoisotopic (exact) mass is 414 g/mol. The molecule has 1 heterocycles. The second kappa shape index (κ2) is 14.7. The van der Waals surface area contributed by atoms with Crippen LogP contribution in [0, 0.1) is 5.92 Å². The summed E-state index contributed by atoms with van der Waals surface area (Å²) in [5, 5.41) is 18.4. The van der Waals surface area contributed by atoms with Gasteiger partial charge >= 0.3 is 0 Å². The van der Waals surface area contributed by atoms with Crippen LogP contribution in [-0.2, 0) is 0 Å². The zero-order valence-electron chi connectivity index (χ0n) is 20.2. The highest BCUT2D eigenvalue weighted by Crippen LogP contribution is 2.23. The van der Waals surface area contributed by atoms with Gasteiger partial charge in [0, 0.05) is 63.9 Å². The minimum absolute atomic E-state index is 0.157. The van der Waals surface area contributed by atoms with Gasteiger partial charge in [-0.05, 0) is 66.5 Å². The third kappa shape index (κ3) is 10.1. The van der Waals surface area contributed by atoms with E-state index >= 15 is 0 Å². The van der Waals surface area contributed by atoms with E-state index in [9.17, 15) is 10.2 Å². The minimum atomic E-state index is 0.157. The molecule has 6 heteroatoms. The zero-order valence-corrected chi connectivity index (χ0v) is 20.2. The van der Waals surface area contributed by atoms with Gasteiger partial charge in [-0.1, -0.05) is 6.92 Å². The SMILES string of the molecule is CCN(CCN(CCO)CCO)C(C)CC1CCN(CCN(C(C)C)C(C)C)C1.